The Labute approximate surface area is 161 Å². The quantitative estimate of drug-likeness (QED) is 0.713. The second-order valence-electron chi connectivity index (χ2n) is 6.59. The smallest absolute Gasteiger partial charge is 0.261 e. The van der Waals surface area contributed by atoms with E-state index in [0.717, 1.165) is 11.1 Å². The largest absolute Gasteiger partial charge is 0.322 e. The van der Waals surface area contributed by atoms with Gasteiger partial charge in [-0.25, -0.2) is 0 Å². The number of amides is 3. The van der Waals surface area contributed by atoms with E-state index >= 15 is 0 Å². The van der Waals surface area contributed by atoms with Crippen LogP contribution in [-0.4, -0.2) is 27.6 Å². The van der Waals surface area contributed by atoms with Gasteiger partial charge >= 0.3 is 0 Å². The van der Waals surface area contributed by atoms with Crippen LogP contribution in [0.5, 0.6) is 0 Å². The number of nitrogens with one attached hydrogen (secondary N) is 1. The third-order valence-electron chi connectivity index (χ3n) is 4.69. The van der Waals surface area contributed by atoms with Gasteiger partial charge in [0.1, 0.15) is 0 Å². The molecule has 28 heavy (non-hydrogen) atoms. The normalized spacial score (nSPS) is 12.8. The number of imide groups is 1. The van der Waals surface area contributed by atoms with Crippen molar-refractivity contribution in [3.05, 3.63) is 94.8 Å². The molecular weight excluding hydrogens is 354 g/mol. The molecular formula is C22H17N3O3. The zero-order valence-corrected chi connectivity index (χ0v) is 15.2. The summed E-state index contributed by atoms with van der Waals surface area (Å²) in [6, 6.07) is 15.6. The predicted octanol–water partition coefficient (Wildman–Crippen LogP) is 3.44. The third-order valence-corrected chi connectivity index (χ3v) is 4.69. The van der Waals surface area contributed by atoms with Crippen molar-refractivity contribution < 1.29 is 14.4 Å². The van der Waals surface area contributed by atoms with Gasteiger partial charge in [0.15, 0.2) is 0 Å². The molecule has 138 valence electrons. The molecule has 0 bridgehead atoms. The minimum Gasteiger partial charge on any atom is -0.322 e. The number of hydrogen-bond donors (Lipinski definition) is 1. The topological polar surface area (TPSA) is 79.4 Å². The maximum absolute atomic E-state index is 12.8. The fraction of sp³-hybridized carbons (Fsp3) is 0.0909. The molecule has 6 heteroatoms. The van der Waals surface area contributed by atoms with Gasteiger partial charge in [-0.1, -0.05) is 24.3 Å². The maximum atomic E-state index is 12.8. The Morgan fingerprint density at radius 2 is 1.79 bits per heavy atom. The first kappa shape index (κ1) is 17.6. The SMILES string of the molecule is Cc1ccccc1NC(=O)c1ccc2c(c1)C(=O)N(Cc1cccnc1)C2=O. The fourth-order valence-corrected chi connectivity index (χ4v) is 3.16. The summed E-state index contributed by atoms with van der Waals surface area (Å²) < 4.78 is 0. The summed E-state index contributed by atoms with van der Waals surface area (Å²) in [7, 11) is 0. The maximum Gasteiger partial charge on any atom is 0.261 e. The van der Waals surface area contributed by atoms with Crippen LogP contribution in [0.4, 0.5) is 5.69 Å². The summed E-state index contributed by atoms with van der Waals surface area (Å²) in [5.41, 5.74) is 3.27. The van der Waals surface area contributed by atoms with Gasteiger partial charge in [-0.3, -0.25) is 24.3 Å². The zero-order valence-electron chi connectivity index (χ0n) is 15.2. The number of pyridine rings is 1. The first-order valence-corrected chi connectivity index (χ1v) is 8.81. The van der Waals surface area contributed by atoms with Crippen molar-refractivity contribution in [2.75, 3.05) is 5.32 Å². The van der Waals surface area contributed by atoms with E-state index in [1.807, 2.05) is 31.2 Å². The Morgan fingerprint density at radius 3 is 2.54 bits per heavy atom. The third kappa shape index (κ3) is 3.16. The number of aromatic nitrogens is 1. The number of carbonyl (C=O) groups excluding carboxylic acids is 3. The number of carbonyl (C=O) groups is 3. The Kier molecular flexibility index (Phi) is 4.45. The number of benzene rings is 2. The second-order valence-corrected chi connectivity index (χ2v) is 6.59. The van der Waals surface area contributed by atoms with Crippen molar-refractivity contribution in [1.82, 2.24) is 9.88 Å². The van der Waals surface area contributed by atoms with E-state index in [9.17, 15) is 14.4 Å². The van der Waals surface area contributed by atoms with E-state index < -0.39 is 5.91 Å². The van der Waals surface area contributed by atoms with E-state index in [2.05, 4.69) is 10.3 Å². The van der Waals surface area contributed by atoms with Crippen molar-refractivity contribution in [3.8, 4) is 0 Å². The molecule has 0 unspecified atom stereocenters. The van der Waals surface area contributed by atoms with Crippen LogP contribution >= 0.6 is 0 Å². The van der Waals surface area contributed by atoms with Crippen LogP contribution in [0.1, 0.15) is 42.2 Å². The first-order valence-electron chi connectivity index (χ1n) is 8.81. The molecule has 2 heterocycles. The molecule has 3 aromatic rings. The summed E-state index contributed by atoms with van der Waals surface area (Å²) in [4.78, 5) is 43.1. The van der Waals surface area contributed by atoms with Gasteiger partial charge in [0.05, 0.1) is 17.7 Å². The molecule has 1 aromatic heterocycles. The summed E-state index contributed by atoms with van der Waals surface area (Å²) in [6.07, 6.45) is 3.25. The van der Waals surface area contributed by atoms with Crippen molar-refractivity contribution in [3.63, 3.8) is 0 Å². The molecule has 4 rings (SSSR count). The number of fused-ring (bicyclic) bond motifs is 1. The van der Waals surface area contributed by atoms with Crippen LogP contribution in [-0.2, 0) is 6.54 Å². The summed E-state index contributed by atoms with van der Waals surface area (Å²) in [5, 5.41) is 2.84. The van der Waals surface area contributed by atoms with Gasteiger partial charge < -0.3 is 5.32 Å². The molecule has 0 saturated heterocycles. The van der Waals surface area contributed by atoms with E-state index in [1.54, 1.807) is 30.6 Å². The van der Waals surface area contributed by atoms with Crippen LogP contribution in [0.15, 0.2) is 67.0 Å². The van der Waals surface area contributed by atoms with E-state index in [1.165, 1.54) is 17.0 Å². The highest BCUT2D eigenvalue weighted by atomic mass is 16.2. The first-order chi connectivity index (χ1) is 13.5. The summed E-state index contributed by atoms with van der Waals surface area (Å²) in [5.74, 6) is -1.10. The lowest BCUT2D eigenvalue weighted by atomic mass is 10.0. The number of para-hydroxylation sites is 1. The molecule has 3 amide bonds. The van der Waals surface area contributed by atoms with Gasteiger partial charge in [0.25, 0.3) is 17.7 Å². The molecule has 0 fully saturated rings. The highest BCUT2D eigenvalue weighted by Crippen LogP contribution is 2.26. The number of nitrogens with zero attached hydrogens (tertiary/aromatic N) is 2. The highest BCUT2D eigenvalue weighted by molar-refractivity contribution is 6.22. The average molecular weight is 371 g/mol. The van der Waals surface area contributed by atoms with Crippen molar-refractivity contribution in [2.45, 2.75) is 13.5 Å². The monoisotopic (exact) mass is 371 g/mol. The molecule has 0 radical (unpaired) electrons. The molecule has 0 saturated carbocycles. The molecule has 1 aliphatic heterocycles. The Bertz CT molecular complexity index is 1090. The van der Waals surface area contributed by atoms with Crippen molar-refractivity contribution in [1.29, 1.82) is 0 Å². The summed E-state index contributed by atoms with van der Waals surface area (Å²) in [6.45, 7) is 2.04. The number of anilines is 1. The Balaban J connectivity index is 1.58. The Hall–Kier alpha value is -3.80. The van der Waals surface area contributed by atoms with Crippen molar-refractivity contribution in [2.24, 2.45) is 0 Å². The minimum absolute atomic E-state index is 0.144. The molecule has 0 atom stereocenters. The van der Waals surface area contributed by atoms with Crippen LogP contribution in [0.2, 0.25) is 0 Å². The van der Waals surface area contributed by atoms with Crippen LogP contribution in [0.3, 0.4) is 0 Å². The van der Waals surface area contributed by atoms with Crippen LogP contribution in [0.25, 0.3) is 0 Å². The minimum atomic E-state index is -0.408. The predicted molar refractivity (Wildman–Crippen MR) is 104 cm³/mol. The van der Waals surface area contributed by atoms with Gasteiger partial charge in [-0.05, 0) is 48.4 Å². The Morgan fingerprint density at radius 1 is 1.00 bits per heavy atom. The number of rotatable bonds is 4. The van der Waals surface area contributed by atoms with E-state index in [0.29, 0.717) is 16.8 Å². The molecule has 1 aliphatic rings. The molecule has 6 nitrogen and oxygen atoms in total. The number of aryl methyl sites for hydroxylation is 1. The highest BCUT2D eigenvalue weighted by Gasteiger charge is 2.36. The molecule has 0 spiro atoms. The van der Waals surface area contributed by atoms with Gasteiger partial charge in [0, 0.05) is 23.6 Å². The fourth-order valence-electron chi connectivity index (χ4n) is 3.16. The van der Waals surface area contributed by atoms with E-state index in [4.69, 9.17) is 0 Å². The molecule has 0 aliphatic carbocycles. The van der Waals surface area contributed by atoms with Gasteiger partial charge in [0.2, 0.25) is 0 Å². The average Bonchev–Trinajstić information content (AvgIpc) is 2.95. The molecule has 1 N–H and O–H groups in total. The van der Waals surface area contributed by atoms with Gasteiger partial charge in [-0.15, -0.1) is 0 Å². The lowest BCUT2D eigenvalue weighted by Crippen LogP contribution is -2.29. The number of hydrogen-bond acceptors (Lipinski definition) is 4. The van der Waals surface area contributed by atoms with Crippen LogP contribution < -0.4 is 5.32 Å². The zero-order chi connectivity index (χ0) is 19.7. The van der Waals surface area contributed by atoms with E-state index in [-0.39, 0.29) is 23.9 Å². The molecule has 2 aromatic carbocycles. The lowest BCUT2D eigenvalue weighted by Gasteiger charge is -2.13. The van der Waals surface area contributed by atoms with Crippen LogP contribution in [0, 0.1) is 6.92 Å². The second kappa shape index (κ2) is 7.08. The lowest BCUT2D eigenvalue weighted by molar-refractivity contribution is 0.0642. The van der Waals surface area contributed by atoms with Crippen molar-refractivity contribution >= 4 is 23.4 Å². The standard InChI is InChI=1S/C22H17N3O3/c1-14-5-2-3-7-19(14)24-20(26)16-8-9-17-18(11-16)22(28)25(21(17)27)13-15-6-4-10-23-12-15/h2-12H,13H2,1H3,(H,24,26). The van der Waals surface area contributed by atoms with Gasteiger partial charge in [-0.2, -0.15) is 0 Å². The summed E-state index contributed by atoms with van der Waals surface area (Å²) >= 11 is 0.